The first-order valence-electron chi connectivity index (χ1n) is 8.88. The monoisotopic (exact) mass is 374 g/mol. The number of non-ortho nitro benzene ring substituents is 1. The summed E-state index contributed by atoms with van der Waals surface area (Å²) in [5.74, 6) is 0.667. The Balaban J connectivity index is 1.75. The van der Waals surface area contributed by atoms with E-state index >= 15 is 0 Å². The summed E-state index contributed by atoms with van der Waals surface area (Å²) in [5.41, 5.74) is 4.32. The molecule has 0 aliphatic heterocycles. The molecule has 0 bridgehead atoms. The lowest BCUT2D eigenvalue weighted by atomic mass is 10.1. The highest BCUT2D eigenvalue weighted by atomic mass is 16.6. The van der Waals surface area contributed by atoms with E-state index in [1.165, 1.54) is 24.0 Å². The van der Waals surface area contributed by atoms with Gasteiger partial charge in [0.05, 0.1) is 21.7 Å². The molecule has 140 valence electrons. The molecular formula is C20H18N6O2. The van der Waals surface area contributed by atoms with E-state index in [4.69, 9.17) is 0 Å². The second kappa shape index (κ2) is 7.07. The average Bonchev–Trinajstić information content (AvgIpc) is 3.06. The van der Waals surface area contributed by atoms with Gasteiger partial charge in [0.15, 0.2) is 5.65 Å². The third-order valence-corrected chi connectivity index (χ3v) is 4.57. The van der Waals surface area contributed by atoms with Crippen molar-refractivity contribution in [3.05, 3.63) is 76.2 Å². The van der Waals surface area contributed by atoms with Gasteiger partial charge in [-0.3, -0.25) is 10.1 Å². The van der Waals surface area contributed by atoms with Gasteiger partial charge in [0.25, 0.3) is 5.69 Å². The van der Waals surface area contributed by atoms with Gasteiger partial charge in [-0.15, -0.1) is 0 Å². The fraction of sp³-hybridized carbons (Fsp3) is 0.150. The normalized spacial score (nSPS) is 10.9. The van der Waals surface area contributed by atoms with Crippen LogP contribution in [0.5, 0.6) is 0 Å². The number of benzene rings is 2. The number of fused-ring (bicyclic) bond motifs is 1. The van der Waals surface area contributed by atoms with E-state index in [2.05, 4.69) is 39.4 Å². The van der Waals surface area contributed by atoms with Crippen LogP contribution in [0.4, 0.5) is 17.2 Å². The van der Waals surface area contributed by atoms with Gasteiger partial charge >= 0.3 is 0 Å². The molecule has 0 amide bonds. The third kappa shape index (κ3) is 3.16. The van der Waals surface area contributed by atoms with Crippen molar-refractivity contribution in [2.24, 2.45) is 0 Å². The molecule has 2 heterocycles. The van der Waals surface area contributed by atoms with Gasteiger partial charge in [-0.05, 0) is 43.2 Å². The summed E-state index contributed by atoms with van der Waals surface area (Å²) in [7, 11) is 0. The summed E-state index contributed by atoms with van der Waals surface area (Å²) in [4.78, 5) is 19.2. The lowest BCUT2D eigenvalue weighted by molar-refractivity contribution is -0.384. The quantitative estimate of drug-likeness (QED) is 0.412. The highest BCUT2D eigenvalue weighted by Gasteiger charge is 2.16. The number of nitro benzene ring substituents is 1. The number of nitrogens with zero attached hydrogens (tertiary/aromatic N) is 5. The first-order chi connectivity index (χ1) is 13.6. The first-order valence-corrected chi connectivity index (χ1v) is 8.88. The maximum Gasteiger partial charge on any atom is 0.269 e. The predicted molar refractivity (Wildman–Crippen MR) is 107 cm³/mol. The Morgan fingerprint density at radius 2 is 1.79 bits per heavy atom. The van der Waals surface area contributed by atoms with Crippen LogP contribution < -0.4 is 5.32 Å². The van der Waals surface area contributed by atoms with Crippen LogP contribution in [0.25, 0.3) is 16.7 Å². The van der Waals surface area contributed by atoms with Crippen LogP contribution in [0.2, 0.25) is 0 Å². The second-order valence-electron chi connectivity index (χ2n) is 6.37. The van der Waals surface area contributed by atoms with Crippen LogP contribution in [-0.2, 0) is 6.42 Å². The Labute approximate surface area is 161 Å². The Morgan fingerprint density at radius 3 is 2.43 bits per heavy atom. The van der Waals surface area contributed by atoms with Crippen molar-refractivity contribution in [1.82, 2.24) is 19.7 Å². The molecule has 0 fully saturated rings. The average molecular weight is 374 g/mol. The third-order valence-electron chi connectivity index (χ3n) is 4.57. The Bertz CT molecular complexity index is 1150. The number of anilines is 2. The number of hydrogen-bond donors (Lipinski definition) is 1. The van der Waals surface area contributed by atoms with Gasteiger partial charge in [0.2, 0.25) is 0 Å². The van der Waals surface area contributed by atoms with Crippen molar-refractivity contribution < 1.29 is 4.92 Å². The predicted octanol–water partition coefficient (Wildman–Crippen LogP) is 4.34. The Kier molecular flexibility index (Phi) is 4.44. The zero-order valence-corrected chi connectivity index (χ0v) is 15.5. The summed E-state index contributed by atoms with van der Waals surface area (Å²) in [5, 5.41) is 19.6. The summed E-state index contributed by atoms with van der Waals surface area (Å²) >= 11 is 0. The molecule has 2 aromatic heterocycles. The lowest BCUT2D eigenvalue weighted by Gasteiger charge is -2.08. The maximum absolute atomic E-state index is 10.9. The van der Waals surface area contributed by atoms with E-state index in [0.29, 0.717) is 17.2 Å². The number of hydrogen-bond acceptors (Lipinski definition) is 6. The second-order valence-corrected chi connectivity index (χ2v) is 6.37. The number of aryl methyl sites for hydroxylation is 2. The van der Waals surface area contributed by atoms with Crippen LogP contribution in [0.3, 0.4) is 0 Å². The molecule has 1 N–H and O–H groups in total. The van der Waals surface area contributed by atoms with E-state index in [1.54, 1.807) is 16.8 Å². The highest BCUT2D eigenvalue weighted by molar-refractivity contribution is 5.91. The smallest absolute Gasteiger partial charge is 0.269 e. The van der Waals surface area contributed by atoms with Gasteiger partial charge in [-0.2, -0.15) is 5.10 Å². The van der Waals surface area contributed by atoms with E-state index in [0.717, 1.165) is 23.2 Å². The van der Waals surface area contributed by atoms with Crippen molar-refractivity contribution in [3.8, 4) is 5.69 Å². The van der Waals surface area contributed by atoms with Crippen molar-refractivity contribution in [2.75, 3.05) is 5.32 Å². The van der Waals surface area contributed by atoms with Crippen LogP contribution in [0.15, 0.2) is 54.9 Å². The minimum atomic E-state index is -0.426. The van der Waals surface area contributed by atoms with Crippen LogP contribution in [0, 0.1) is 17.0 Å². The fourth-order valence-corrected chi connectivity index (χ4v) is 3.07. The standard InChI is InChI=1S/C20H18N6O2/c1-3-14-4-6-15(7-5-14)23-19-18-13(2)24-25(20(18)22-12-21-19)16-8-10-17(11-9-16)26(27)28/h4-12H,3H2,1-2H3,(H,21,22,23). The minimum Gasteiger partial charge on any atom is -0.340 e. The molecule has 4 rings (SSSR count). The number of aromatic nitrogens is 4. The van der Waals surface area contributed by atoms with Gasteiger partial charge in [-0.25, -0.2) is 14.6 Å². The first kappa shape index (κ1) is 17.6. The Hall–Kier alpha value is -3.81. The van der Waals surface area contributed by atoms with E-state index in [-0.39, 0.29) is 5.69 Å². The summed E-state index contributed by atoms with van der Waals surface area (Å²) in [6.45, 7) is 4.01. The molecule has 0 atom stereocenters. The topological polar surface area (TPSA) is 98.8 Å². The van der Waals surface area contributed by atoms with Gasteiger partial charge in [0.1, 0.15) is 12.1 Å². The SMILES string of the molecule is CCc1ccc(Nc2ncnc3c2c(C)nn3-c2ccc([N+](=O)[O-])cc2)cc1. The van der Waals surface area contributed by atoms with Crippen molar-refractivity contribution in [1.29, 1.82) is 0 Å². The molecule has 0 spiro atoms. The highest BCUT2D eigenvalue weighted by Crippen LogP contribution is 2.28. The van der Waals surface area contributed by atoms with Crippen molar-refractivity contribution in [2.45, 2.75) is 20.3 Å². The lowest BCUT2D eigenvalue weighted by Crippen LogP contribution is -2.00. The molecule has 0 radical (unpaired) electrons. The maximum atomic E-state index is 10.9. The molecule has 2 aromatic carbocycles. The molecule has 0 aliphatic rings. The number of nitro groups is 1. The van der Waals surface area contributed by atoms with E-state index in [1.807, 2.05) is 19.1 Å². The minimum absolute atomic E-state index is 0.0319. The summed E-state index contributed by atoms with van der Waals surface area (Å²) in [6.07, 6.45) is 2.47. The molecule has 0 unspecified atom stereocenters. The summed E-state index contributed by atoms with van der Waals surface area (Å²) < 4.78 is 1.67. The molecule has 0 aliphatic carbocycles. The molecule has 8 nitrogen and oxygen atoms in total. The molecule has 4 aromatic rings. The zero-order valence-electron chi connectivity index (χ0n) is 15.5. The molecular weight excluding hydrogens is 356 g/mol. The Morgan fingerprint density at radius 1 is 1.07 bits per heavy atom. The zero-order chi connectivity index (χ0) is 19.7. The van der Waals surface area contributed by atoms with Crippen LogP contribution in [-0.4, -0.2) is 24.7 Å². The fourth-order valence-electron chi connectivity index (χ4n) is 3.07. The number of rotatable bonds is 5. The summed E-state index contributed by atoms with van der Waals surface area (Å²) in [6, 6.07) is 14.4. The molecule has 8 heteroatoms. The van der Waals surface area contributed by atoms with E-state index < -0.39 is 4.92 Å². The van der Waals surface area contributed by atoms with E-state index in [9.17, 15) is 10.1 Å². The van der Waals surface area contributed by atoms with Crippen molar-refractivity contribution in [3.63, 3.8) is 0 Å². The van der Waals surface area contributed by atoms with Gasteiger partial charge < -0.3 is 5.32 Å². The molecule has 28 heavy (non-hydrogen) atoms. The number of nitrogens with one attached hydrogen (secondary N) is 1. The largest absolute Gasteiger partial charge is 0.340 e. The molecule has 0 saturated heterocycles. The van der Waals surface area contributed by atoms with Gasteiger partial charge in [0, 0.05) is 17.8 Å². The van der Waals surface area contributed by atoms with Crippen molar-refractivity contribution >= 4 is 28.2 Å². The van der Waals surface area contributed by atoms with Gasteiger partial charge in [-0.1, -0.05) is 19.1 Å². The van der Waals surface area contributed by atoms with Crippen LogP contribution in [0.1, 0.15) is 18.2 Å². The molecule has 0 saturated carbocycles. The van der Waals surface area contributed by atoms with Crippen LogP contribution >= 0.6 is 0 Å².